The minimum atomic E-state index is -0.495. The number of aromatic nitrogens is 1. The van der Waals surface area contributed by atoms with Crippen LogP contribution in [0.4, 0.5) is 11.5 Å². The Labute approximate surface area is 117 Å². The third kappa shape index (κ3) is 3.11. The van der Waals surface area contributed by atoms with E-state index in [2.05, 4.69) is 21.7 Å². The number of carbonyl (C=O) groups excluding carboxylic acids is 1. The van der Waals surface area contributed by atoms with Gasteiger partial charge in [-0.15, -0.1) is 0 Å². The standard InChI is InChI=1S/C13H18N4O3/c1-2-15-4-6-16(7-5-15)13-9-11(3-8-18)12(10-14-13)17(19)20/h8-10H,2-7H2,1H3. The molecule has 0 unspecified atom stereocenters. The molecule has 1 aromatic rings. The summed E-state index contributed by atoms with van der Waals surface area (Å²) in [7, 11) is 0. The molecule has 1 aliphatic heterocycles. The van der Waals surface area contributed by atoms with Crippen LogP contribution in [0.3, 0.4) is 0 Å². The van der Waals surface area contributed by atoms with Gasteiger partial charge in [-0.05, 0) is 12.6 Å². The lowest BCUT2D eigenvalue weighted by Gasteiger charge is -2.34. The number of anilines is 1. The minimum absolute atomic E-state index is 0.0424. The van der Waals surface area contributed by atoms with Gasteiger partial charge in [0, 0.05) is 38.2 Å². The fourth-order valence-electron chi connectivity index (χ4n) is 2.36. The first-order valence-corrected chi connectivity index (χ1v) is 6.70. The summed E-state index contributed by atoms with van der Waals surface area (Å²) in [4.78, 5) is 29.7. The predicted molar refractivity (Wildman–Crippen MR) is 75.0 cm³/mol. The molecule has 0 atom stereocenters. The Balaban J connectivity index is 2.18. The maximum absolute atomic E-state index is 10.9. The van der Waals surface area contributed by atoms with Crippen molar-refractivity contribution in [2.45, 2.75) is 13.3 Å². The monoisotopic (exact) mass is 278 g/mol. The molecule has 0 saturated carbocycles. The van der Waals surface area contributed by atoms with Gasteiger partial charge in [0.2, 0.25) is 0 Å². The highest BCUT2D eigenvalue weighted by Gasteiger charge is 2.20. The molecule has 0 spiro atoms. The third-order valence-corrected chi connectivity index (χ3v) is 3.59. The second-order valence-corrected chi connectivity index (χ2v) is 4.72. The van der Waals surface area contributed by atoms with Crippen LogP contribution >= 0.6 is 0 Å². The molecule has 2 rings (SSSR count). The Morgan fingerprint density at radius 2 is 2.10 bits per heavy atom. The first kappa shape index (κ1) is 14.4. The van der Waals surface area contributed by atoms with Gasteiger partial charge in [-0.3, -0.25) is 10.1 Å². The molecule has 1 aliphatic rings. The topological polar surface area (TPSA) is 79.6 Å². The van der Waals surface area contributed by atoms with Crippen molar-refractivity contribution in [1.82, 2.24) is 9.88 Å². The maximum Gasteiger partial charge on any atom is 0.291 e. The van der Waals surface area contributed by atoms with Gasteiger partial charge in [0.05, 0.1) is 4.92 Å². The van der Waals surface area contributed by atoms with Gasteiger partial charge in [-0.2, -0.15) is 0 Å². The van der Waals surface area contributed by atoms with E-state index in [1.54, 1.807) is 6.07 Å². The van der Waals surface area contributed by atoms with Crippen LogP contribution in [-0.4, -0.2) is 53.8 Å². The summed E-state index contributed by atoms with van der Waals surface area (Å²) in [5, 5.41) is 10.9. The lowest BCUT2D eigenvalue weighted by molar-refractivity contribution is -0.385. The molecule has 1 aromatic heterocycles. The number of nitrogens with zero attached hydrogens (tertiary/aromatic N) is 4. The first-order chi connectivity index (χ1) is 9.65. The summed E-state index contributed by atoms with van der Waals surface area (Å²) in [6, 6.07) is 1.66. The fraction of sp³-hybridized carbons (Fsp3) is 0.538. The van der Waals surface area contributed by atoms with Crippen LogP contribution in [0.2, 0.25) is 0 Å². The summed E-state index contributed by atoms with van der Waals surface area (Å²) in [5.41, 5.74) is 0.334. The van der Waals surface area contributed by atoms with Gasteiger partial charge in [-0.1, -0.05) is 6.92 Å². The van der Waals surface area contributed by atoms with Gasteiger partial charge < -0.3 is 14.6 Å². The van der Waals surface area contributed by atoms with Crippen LogP contribution in [-0.2, 0) is 11.2 Å². The Morgan fingerprint density at radius 3 is 2.65 bits per heavy atom. The predicted octanol–water partition coefficient (Wildman–Crippen LogP) is 0.873. The number of piperazine rings is 1. The molecule has 2 heterocycles. The van der Waals surface area contributed by atoms with E-state index in [-0.39, 0.29) is 12.1 Å². The Kier molecular flexibility index (Phi) is 4.62. The maximum atomic E-state index is 10.9. The van der Waals surface area contributed by atoms with Crippen molar-refractivity contribution < 1.29 is 9.72 Å². The van der Waals surface area contributed by atoms with E-state index in [0.717, 1.165) is 32.7 Å². The molecule has 1 fully saturated rings. The average molecular weight is 278 g/mol. The minimum Gasteiger partial charge on any atom is -0.354 e. The number of hydrogen-bond donors (Lipinski definition) is 0. The molecular formula is C13H18N4O3. The van der Waals surface area contributed by atoms with E-state index in [9.17, 15) is 14.9 Å². The molecule has 0 radical (unpaired) electrons. The van der Waals surface area contributed by atoms with E-state index in [0.29, 0.717) is 17.7 Å². The van der Waals surface area contributed by atoms with Gasteiger partial charge in [0.1, 0.15) is 18.3 Å². The zero-order valence-corrected chi connectivity index (χ0v) is 11.5. The van der Waals surface area contributed by atoms with Crippen molar-refractivity contribution in [3.63, 3.8) is 0 Å². The summed E-state index contributed by atoms with van der Waals surface area (Å²) in [5.74, 6) is 0.711. The molecule has 0 aromatic carbocycles. The second kappa shape index (κ2) is 6.42. The number of carbonyl (C=O) groups is 1. The van der Waals surface area contributed by atoms with E-state index >= 15 is 0 Å². The zero-order valence-electron chi connectivity index (χ0n) is 11.5. The summed E-state index contributed by atoms with van der Waals surface area (Å²) < 4.78 is 0. The van der Waals surface area contributed by atoms with Crippen LogP contribution in [0, 0.1) is 10.1 Å². The van der Waals surface area contributed by atoms with Crippen LogP contribution in [0.5, 0.6) is 0 Å². The first-order valence-electron chi connectivity index (χ1n) is 6.70. The highest BCUT2D eigenvalue weighted by atomic mass is 16.6. The summed E-state index contributed by atoms with van der Waals surface area (Å²) in [6.07, 6.45) is 1.97. The summed E-state index contributed by atoms with van der Waals surface area (Å²) in [6.45, 7) is 6.76. The van der Waals surface area contributed by atoms with E-state index in [4.69, 9.17) is 0 Å². The fourth-order valence-corrected chi connectivity index (χ4v) is 2.36. The number of likely N-dealkylation sites (N-methyl/N-ethyl adjacent to an activating group) is 1. The van der Waals surface area contributed by atoms with Crippen molar-refractivity contribution in [2.24, 2.45) is 0 Å². The molecule has 7 heteroatoms. The van der Waals surface area contributed by atoms with Crippen LogP contribution in [0.15, 0.2) is 12.3 Å². The third-order valence-electron chi connectivity index (χ3n) is 3.59. The number of nitro groups is 1. The molecular weight excluding hydrogens is 260 g/mol. The highest BCUT2D eigenvalue weighted by molar-refractivity contribution is 5.61. The van der Waals surface area contributed by atoms with Crippen molar-refractivity contribution in [2.75, 3.05) is 37.6 Å². The number of aldehydes is 1. The van der Waals surface area contributed by atoms with Gasteiger partial charge in [-0.25, -0.2) is 4.98 Å². The van der Waals surface area contributed by atoms with Crippen molar-refractivity contribution in [1.29, 1.82) is 0 Å². The molecule has 1 saturated heterocycles. The summed E-state index contributed by atoms with van der Waals surface area (Å²) >= 11 is 0. The lowest BCUT2D eigenvalue weighted by atomic mass is 10.1. The largest absolute Gasteiger partial charge is 0.354 e. The molecule has 7 nitrogen and oxygen atoms in total. The van der Waals surface area contributed by atoms with Crippen LogP contribution in [0.25, 0.3) is 0 Å². The SMILES string of the molecule is CCN1CCN(c2cc(CC=O)c([N+](=O)[O-])cn2)CC1. The van der Waals surface area contributed by atoms with Gasteiger partial charge in [0.25, 0.3) is 5.69 Å². The van der Waals surface area contributed by atoms with Crippen LogP contribution < -0.4 is 4.90 Å². The molecule has 20 heavy (non-hydrogen) atoms. The van der Waals surface area contributed by atoms with E-state index in [1.165, 1.54) is 6.20 Å². The molecule has 0 amide bonds. The number of pyridine rings is 1. The Bertz CT molecular complexity index is 498. The molecule has 108 valence electrons. The lowest BCUT2D eigenvalue weighted by Crippen LogP contribution is -2.46. The normalized spacial score (nSPS) is 16.1. The Hall–Kier alpha value is -2.02. The second-order valence-electron chi connectivity index (χ2n) is 4.72. The number of hydrogen-bond acceptors (Lipinski definition) is 6. The Morgan fingerprint density at radius 1 is 1.40 bits per heavy atom. The molecule has 0 aliphatic carbocycles. The van der Waals surface area contributed by atoms with Crippen molar-refractivity contribution in [3.8, 4) is 0 Å². The smallest absolute Gasteiger partial charge is 0.291 e. The van der Waals surface area contributed by atoms with Crippen LogP contribution in [0.1, 0.15) is 12.5 Å². The quantitative estimate of drug-likeness (QED) is 0.452. The zero-order chi connectivity index (χ0) is 14.5. The number of rotatable bonds is 5. The van der Waals surface area contributed by atoms with Gasteiger partial charge >= 0.3 is 0 Å². The van der Waals surface area contributed by atoms with Gasteiger partial charge in [0.15, 0.2) is 0 Å². The average Bonchev–Trinajstić information content (AvgIpc) is 2.47. The van der Waals surface area contributed by atoms with Crippen molar-refractivity contribution >= 4 is 17.8 Å². The van der Waals surface area contributed by atoms with Crippen molar-refractivity contribution in [3.05, 3.63) is 27.9 Å². The molecule has 0 N–H and O–H groups in total. The molecule has 0 bridgehead atoms. The van der Waals surface area contributed by atoms with E-state index in [1.807, 2.05) is 0 Å². The van der Waals surface area contributed by atoms with E-state index < -0.39 is 4.92 Å². The highest BCUT2D eigenvalue weighted by Crippen LogP contribution is 2.23.